The topological polar surface area (TPSA) is 58.6 Å². The first-order valence-electron chi connectivity index (χ1n) is 6.91. The Kier molecular flexibility index (Phi) is 6.55. The minimum absolute atomic E-state index is 0.0560. The predicted molar refractivity (Wildman–Crippen MR) is 75.3 cm³/mol. The molecule has 0 heterocycles. The third-order valence-electron chi connectivity index (χ3n) is 3.44. The smallest absolute Gasteiger partial charge is 0.387 e. The van der Waals surface area contributed by atoms with Gasteiger partial charge in [-0.1, -0.05) is 26.0 Å². The van der Waals surface area contributed by atoms with Crippen LogP contribution in [0.3, 0.4) is 0 Å². The van der Waals surface area contributed by atoms with Crippen molar-refractivity contribution in [3.05, 3.63) is 29.8 Å². The van der Waals surface area contributed by atoms with Crippen molar-refractivity contribution >= 4 is 5.91 Å². The Balaban J connectivity index is 2.48. The molecule has 4 nitrogen and oxygen atoms in total. The van der Waals surface area contributed by atoms with Crippen LogP contribution in [0.2, 0.25) is 0 Å². The van der Waals surface area contributed by atoms with Gasteiger partial charge >= 0.3 is 6.61 Å². The molecule has 6 heteroatoms. The number of aliphatic hydroxyl groups is 1. The number of hydrogen-bond donors (Lipinski definition) is 2. The van der Waals surface area contributed by atoms with Crippen LogP contribution in [0.15, 0.2) is 24.3 Å². The second kappa shape index (κ2) is 7.93. The van der Waals surface area contributed by atoms with Gasteiger partial charge < -0.3 is 15.2 Å². The molecule has 0 atom stereocenters. The van der Waals surface area contributed by atoms with Crippen molar-refractivity contribution in [2.24, 2.45) is 0 Å². The molecular formula is C15H21F2NO3. The number of carbonyl (C=O) groups excluding carboxylic acids is 1. The lowest BCUT2D eigenvalue weighted by Gasteiger charge is -2.25. The highest BCUT2D eigenvalue weighted by Gasteiger charge is 2.22. The molecule has 0 saturated heterocycles. The zero-order valence-electron chi connectivity index (χ0n) is 12.2. The summed E-state index contributed by atoms with van der Waals surface area (Å²) in [7, 11) is 0. The van der Waals surface area contributed by atoms with Crippen molar-refractivity contribution in [2.75, 3.05) is 6.54 Å². The molecule has 1 rings (SSSR count). The Bertz CT molecular complexity index is 445. The van der Waals surface area contributed by atoms with E-state index in [1.165, 1.54) is 12.1 Å². The summed E-state index contributed by atoms with van der Waals surface area (Å²) in [6.07, 6.45) is 1.24. The molecule has 0 aliphatic rings. The minimum atomic E-state index is -2.86. The summed E-state index contributed by atoms with van der Waals surface area (Å²) in [5, 5.41) is 12.7. The molecule has 118 valence electrons. The first-order valence-corrected chi connectivity index (χ1v) is 6.91. The van der Waals surface area contributed by atoms with Crippen LogP contribution >= 0.6 is 0 Å². The monoisotopic (exact) mass is 301 g/mol. The van der Waals surface area contributed by atoms with Crippen molar-refractivity contribution in [3.8, 4) is 5.75 Å². The van der Waals surface area contributed by atoms with E-state index in [0.29, 0.717) is 18.4 Å². The largest absolute Gasteiger partial charge is 0.435 e. The number of nitrogens with one attached hydrogen (secondary N) is 1. The predicted octanol–water partition coefficient (Wildman–Crippen LogP) is 2.50. The first-order chi connectivity index (χ1) is 9.88. The Morgan fingerprint density at radius 2 is 1.86 bits per heavy atom. The first kappa shape index (κ1) is 17.4. The van der Waals surface area contributed by atoms with E-state index in [2.05, 4.69) is 10.1 Å². The fraction of sp³-hybridized carbons (Fsp3) is 0.533. The Morgan fingerprint density at radius 1 is 1.29 bits per heavy atom. The molecule has 0 saturated carbocycles. The molecule has 1 amide bonds. The maximum Gasteiger partial charge on any atom is 0.387 e. The van der Waals surface area contributed by atoms with Gasteiger partial charge in [-0.2, -0.15) is 8.78 Å². The number of alkyl halides is 2. The van der Waals surface area contributed by atoms with Gasteiger partial charge in [0, 0.05) is 6.54 Å². The zero-order valence-corrected chi connectivity index (χ0v) is 12.2. The van der Waals surface area contributed by atoms with Crippen molar-refractivity contribution in [1.82, 2.24) is 5.32 Å². The van der Waals surface area contributed by atoms with Crippen LogP contribution in [0.4, 0.5) is 8.78 Å². The van der Waals surface area contributed by atoms with Gasteiger partial charge in [-0.3, -0.25) is 4.79 Å². The van der Waals surface area contributed by atoms with Crippen LogP contribution in [0.5, 0.6) is 5.75 Å². The fourth-order valence-electron chi connectivity index (χ4n) is 1.80. The van der Waals surface area contributed by atoms with E-state index in [1.807, 2.05) is 13.8 Å². The van der Waals surface area contributed by atoms with Crippen molar-refractivity contribution in [1.29, 1.82) is 0 Å². The van der Waals surface area contributed by atoms with Gasteiger partial charge in [0.25, 0.3) is 0 Å². The third kappa shape index (κ3) is 6.08. The molecule has 2 N–H and O–H groups in total. The fourth-order valence-corrected chi connectivity index (χ4v) is 1.80. The highest BCUT2D eigenvalue weighted by molar-refractivity contribution is 5.78. The molecular weight excluding hydrogens is 280 g/mol. The van der Waals surface area contributed by atoms with Gasteiger partial charge in [-0.25, -0.2) is 0 Å². The standard InChI is InChI=1S/C15H21F2NO3/c1-3-15(20,4-2)10-18-13(19)9-11-5-7-12(8-6-11)21-14(16)17/h5-8,14,20H,3-4,9-10H2,1-2H3,(H,18,19). The summed E-state index contributed by atoms with van der Waals surface area (Å²) >= 11 is 0. The zero-order chi connectivity index (χ0) is 15.9. The summed E-state index contributed by atoms with van der Waals surface area (Å²) in [4.78, 5) is 11.8. The second-order valence-electron chi connectivity index (χ2n) is 4.91. The Morgan fingerprint density at radius 3 is 2.33 bits per heavy atom. The van der Waals surface area contributed by atoms with Crippen LogP contribution in [0.1, 0.15) is 32.3 Å². The molecule has 1 aromatic carbocycles. The summed E-state index contributed by atoms with van der Waals surface area (Å²) in [5.41, 5.74) is -0.199. The van der Waals surface area contributed by atoms with Gasteiger partial charge in [-0.15, -0.1) is 0 Å². The molecule has 0 aliphatic carbocycles. The third-order valence-corrected chi connectivity index (χ3v) is 3.44. The van der Waals surface area contributed by atoms with Crippen LogP contribution in [-0.4, -0.2) is 29.8 Å². The number of amides is 1. The maximum atomic E-state index is 12.0. The highest BCUT2D eigenvalue weighted by Crippen LogP contribution is 2.16. The maximum absolute atomic E-state index is 12.0. The number of rotatable bonds is 8. The quantitative estimate of drug-likeness (QED) is 0.775. The van der Waals surface area contributed by atoms with E-state index in [1.54, 1.807) is 12.1 Å². The van der Waals surface area contributed by atoms with Gasteiger partial charge in [0.2, 0.25) is 5.91 Å². The van der Waals surface area contributed by atoms with E-state index in [-0.39, 0.29) is 24.6 Å². The number of ether oxygens (including phenoxy) is 1. The normalized spacial score (nSPS) is 11.5. The van der Waals surface area contributed by atoms with Crippen molar-refractivity contribution in [3.63, 3.8) is 0 Å². The van der Waals surface area contributed by atoms with Crippen LogP contribution in [0.25, 0.3) is 0 Å². The molecule has 0 spiro atoms. The summed E-state index contributed by atoms with van der Waals surface area (Å²) < 4.78 is 28.2. The van der Waals surface area contributed by atoms with Gasteiger partial charge in [0.1, 0.15) is 5.75 Å². The number of carbonyl (C=O) groups is 1. The minimum Gasteiger partial charge on any atom is -0.435 e. The molecule has 0 fully saturated rings. The SMILES string of the molecule is CCC(O)(CC)CNC(=O)Cc1ccc(OC(F)F)cc1. The van der Waals surface area contributed by atoms with Crippen molar-refractivity contribution < 1.29 is 23.4 Å². The second-order valence-corrected chi connectivity index (χ2v) is 4.91. The van der Waals surface area contributed by atoms with E-state index in [9.17, 15) is 18.7 Å². The van der Waals surface area contributed by atoms with Gasteiger partial charge in [-0.05, 0) is 30.5 Å². The van der Waals surface area contributed by atoms with Crippen LogP contribution in [-0.2, 0) is 11.2 Å². The van der Waals surface area contributed by atoms with E-state index >= 15 is 0 Å². The van der Waals surface area contributed by atoms with E-state index < -0.39 is 12.2 Å². The molecule has 0 radical (unpaired) electrons. The summed E-state index contributed by atoms with van der Waals surface area (Å²) in [6, 6.07) is 5.90. The molecule has 0 bridgehead atoms. The van der Waals surface area contributed by atoms with Gasteiger partial charge in [0.05, 0.1) is 12.0 Å². The highest BCUT2D eigenvalue weighted by atomic mass is 19.3. The van der Waals surface area contributed by atoms with E-state index in [4.69, 9.17) is 0 Å². The molecule has 0 aromatic heterocycles. The average molecular weight is 301 g/mol. The van der Waals surface area contributed by atoms with Crippen LogP contribution in [0, 0.1) is 0 Å². The Hall–Kier alpha value is -1.69. The molecule has 0 aliphatic heterocycles. The average Bonchev–Trinajstić information content (AvgIpc) is 2.46. The Labute approximate surface area is 123 Å². The number of benzene rings is 1. The van der Waals surface area contributed by atoms with E-state index in [0.717, 1.165) is 0 Å². The van der Waals surface area contributed by atoms with Crippen LogP contribution < -0.4 is 10.1 Å². The summed E-state index contributed by atoms with van der Waals surface area (Å²) in [5.74, 6) is -0.168. The number of hydrogen-bond acceptors (Lipinski definition) is 3. The molecule has 0 unspecified atom stereocenters. The van der Waals surface area contributed by atoms with Gasteiger partial charge in [0.15, 0.2) is 0 Å². The number of halogens is 2. The lowest BCUT2D eigenvalue weighted by molar-refractivity contribution is -0.121. The summed E-state index contributed by atoms with van der Waals surface area (Å²) in [6.45, 7) is 1.06. The lowest BCUT2D eigenvalue weighted by Crippen LogP contribution is -2.42. The molecule has 1 aromatic rings. The molecule has 21 heavy (non-hydrogen) atoms. The lowest BCUT2D eigenvalue weighted by atomic mass is 9.97. The van der Waals surface area contributed by atoms with Crippen molar-refractivity contribution in [2.45, 2.75) is 45.3 Å².